The minimum atomic E-state index is -0.248. The van der Waals surface area contributed by atoms with Crippen molar-refractivity contribution in [2.75, 3.05) is 32.7 Å². The van der Waals surface area contributed by atoms with E-state index in [1.807, 2.05) is 42.5 Å². The fraction of sp³-hybridized carbons (Fsp3) is 0.242. The van der Waals surface area contributed by atoms with Crippen LogP contribution in [-0.4, -0.2) is 52.3 Å². The average Bonchev–Trinajstić information content (AvgIpc) is 3.67. The van der Waals surface area contributed by atoms with Crippen LogP contribution in [0.4, 0.5) is 8.78 Å². The lowest BCUT2D eigenvalue weighted by molar-refractivity contribution is 0.108. The molecule has 3 heterocycles. The van der Waals surface area contributed by atoms with Gasteiger partial charge in [0.2, 0.25) is 0 Å². The first-order valence-corrected chi connectivity index (χ1v) is 14.7. The van der Waals surface area contributed by atoms with Crippen molar-refractivity contribution in [1.82, 2.24) is 19.6 Å². The van der Waals surface area contributed by atoms with Crippen LogP contribution < -0.4 is 0 Å². The zero-order valence-electron chi connectivity index (χ0n) is 22.3. The number of piperazine rings is 1. The minimum absolute atomic E-state index is 0.0269. The van der Waals surface area contributed by atoms with Gasteiger partial charge in [0.1, 0.15) is 11.6 Å². The van der Waals surface area contributed by atoms with E-state index < -0.39 is 0 Å². The van der Waals surface area contributed by atoms with Gasteiger partial charge in [-0.25, -0.2) is 13.5 Å². The summed E-state index contributed by atoms with van der Waals surface area (Å²) in [6.45, 7) is 4.71. The van der Waals surface area contributed by atoms with E-state index >= 15 is 0 Å². The van der Waals surface area contributed by atoms with Gasteiger partial charge in [0.05, 0.1) is 28.0 Å². The van der Waals surface area contributed by atoms with E-state index in [9.17, 15) is 8.78 Å². The van der Waals surface area contributed by atoms with Crippen molar-refractivity contribution >= 4 is 11.3 Å². The standard InChI is InChI=1S/C33H32F2N4S/c34-27-14-10-25(11-15-27)33(26-12-16-28(35)17-13-26)38-21-19-37(20-22-38)18-4-6-29-24-31(32-9-5-23-40-32)39(36-29)30-7-2-1-3-8-30/h1-3,5,7-17,23-24,33H,4,6,18-22H2. The fourth-order valence-electron chi connectivity index (χ4n) is 5.55. The molecule has 0 radical (unpaired) electrons. The van der Waals surface area contributed by atoms with Crippen molar-refractivity contribution in [2.24, 2.45) is 0 Å². The highest BCUT2D eigenvalue weighted by molar-refractivity contribution is 7.13. The van der Waals surface area contributed by atoms with Gasteiger partial charge in [-0.1, -0.05) is 48.5 Å². The van der Waals surface area contributed by atoms with Gasteiger partial charge in [0.15, 0.2) is 0 Å². The van der Waals surface area contributed by atoms with Gasteiger partial charge in [-0.2, -0.15) is 5.10 Å². The van der Waals surface area contributed by atoms with Gasteiger partial charge in [-0.3, -0.25) is 4.90 Å². The first kappa shape index (κ1) is 26.6. The molecule has 0 spiro atoms. The molecule has 1 aliphatic heterocycles. The Morgan fingerprint density at radius 1 is 0.750 bits per heavy atom. The van der Waals surface area contributed by atoms with Crippen molar-refractivity contribution in [3.05, 3.63) is 131 Å². The monoisotopic (exact) mass is 554 g/mol. The van der Waals surface area contributed by atoms with Gasteiger partial charge in [-0.05, 0) is 84.4 Å². The molecule has 0 unspecified atom stereocenters. The van der Waals surface area contributed by atoms with E-state index in [1.54, 1.807) is 11.3 Å². The maximum Gasteiger partial charge on any atom is 0.123 e. The number of para-hydroxylation sites is 1. The Hall–Kier alpha value is -3.65. The molecule has 0 amide bonds. The summed E-state index contributed by atoms with van der Waals surface area (Å²) < 4.78 is 29.4. The second-order valence-corrected chi connectivity index (χ2v) is 11.2. The number of halogens is 2. The third-order valence-corrected chi connectivity index (χ3v) is 8.48. The lowest BCUT2D eigenvalue weighted by Gasteiger charge is -2.39. The number of aryl methyl sites for hydroxylation is 1. The molecule has 1 fully saturated rings. The molecule has 5 aromatic rings. The van der Waals surface area contributed by atoms with E-state index in [0.29, 0.717) is 0 Å². The van der Waals surface area contributed by atoms with Crippen molar-refractivity contribution in [3.8, 4) is 16.3 Å². The molecule has 2 aromatic heterocycles. The molecule has 7 heteroatoms. The number of hydrogen-bond acceptors (Lipinski definition) is 4. The number of aromatic nitrogens is 2. The summed E-state index contributed by atoms with van der Waals surface area (Å²) in [6, 6.07) is 30.1. The van der Waals surface area contributed by atoms with Crippen LogP contribution in [0.3, 0.4) is 0 Å². The molecule has 4 nitrogen and oxygen atoms in total. The first-order chi connectivity index (χ1) is 19.6. The minimum Gasteiger partial charge on any atom is -0.301 e. The molecule has 0 bridgehead atoms. The maximum atomic E-state index is 13.6. The SMILES string of the molecule is Fc1ccc(C(c2ccc(F)cc2)N2CCN(CCCc3cc(-c4cccs4)n(-c4ccccc4)n3)CC2)cc1. The Bertz CT molecular complexity index is 1450. The lowest BCUT2D eigenvalue weighted by atomic mass is 9.96. The molecule has 0 aliphatic carbocycles. The Morgan fingerprint density at radius 3 is 2.00 bits per heavy atom. The highest BCUT2D eigenvalue weighted by atomic mass is 32.1. The number of hydrogen-bond donors (Lipinski definition) is 0. The summed E-state index contributed by atoms with van der Waals surface area (Å²) in [6.07, 6.45) is 1.96. The predicted molar refractivity (Wildman–Crippen MR) is 158 cm³/mol. The van der Waals surface area contributed by atoms with Crippen LogP contribution in [0.2, 0.25) is 0 Å². The molecule has 1 saturated heterocycles. The molecule has 204 valence electrons. The lowest BCUT2D eigenvalue weighted by Crippen LogP contribution is -2.48. The smallest absolute Gasteiger partial charge is 0.123 e. The number of rotatable bonds is 9. The second-order valence-electron chi connectivity index (χ2n) is 10.2. The number of nitrogens with zero attached hydrogens (tertiary/aromatic N) is 4. The highest BCUT2D eigenvalue weighted by Crippen LogP contribution is 2.31. The summed E-state index contributed by atoms with van der Waals surface area (Å²) in [5, 5.41) is 7.08. The molecule has 0 N–H and O–H groups in total. The summed E-state index contributed by atoms with van der Waals surface area (Å²) in [7, 11) is 0. The Morgan fingerprint density at radius 2 is 1.40 bits per heavy atom. The summed E-state index contributed by atoms with van der Waals surface area (Å²) in [5.41, 5.74) is 5.37. The molecule has 6 rings (SSSR count). The van der Waals surface area contributed by atoms with Crippen LogP contribution in [-0.2, 0) is 6.42 Å². The van der Waals surface area contributed by atoms with Crippen LogP contribution in [0.15, 0.2) is 102 Å². The first-order valence-electron chi connectivity index (χ1n) is 13.8. The third kappa shape index (κ3) is 6.07. The van der Waals surface area contributed by atoms with E-state index in [1.165, 1.54) is 29.1 Å². The zero-order valence-corrected chi connectivity index (χ0v) is 23.1. The van der Waals surface area contributed by atoms with Gasteiger partial charge in [0.25, 0.3) is 0 Å². The maximum absolute atomic E-state index is 13.6. The quantitative estimate of drug-likeness (QED) is 0.192. The molecule has 1 aliphatic rings. The summed E-state index contributed by atoms with van der Waals surface area (Å²) in [5.74, 6) is -0.495. The average molecular weight is 555 g/mol. The third-order valence-electron chi connectivity index (χ3n) is 7.59. The van der Waals surface area contributed by atoms with Gasteiger partial charge in [0, 0.05) is 26.2 Å². The van der Waals surface area contributed by atoms with Crippen molar-refractivity contribution in [3.63, 3.8) is 0 Å². The number of thiophene rings is 1. The molecular weight excluding hydrogens is 522 g/mol. The van der Waals surface area contributed by atoms with E-state index in [2.05, 4.69) is 50.2 Å². The molecule has 40 heavy (non-hydrogen) atoms. The van der Waals surface area contributed by atoms with E-state index in [-0.39, 0.29) is 17.7 Å². The number of benzene rings is 3. The summed E-state index contributed by atoms with van der Waals surface area (Å²) >= 11 is 1.73. The Kier molecular flexibility index (Phi) is 8.14. The van der Waals surface area contributed by atoms with Crippen LogP contribution in [0, 0.1) is 11.6 Å². The Labute approximate surface area is 238 Å². The molecular formula is C33H32F2N4S. The van der Waals surface area contributed by atoms with Crippen LogP contribution >= 0.6 is 11.3 Å². The van der Waals surface area contributed by atoms with Gasteiger partial charge in [-0.15, -0.1) is 11.3 Å². The zero-order chi connectivity index (χ0) is 27.3. The van der Waals surface area contributed by atoms with Crippen molar-refractivity contribution < 1.29 is 8.78 Å². The predicted octanol–water partition coefficient (Wildman–Crippen LogP) is 7.22. The molecule has 0 saturated carbocycles. The summed E-state index contributed by atoms with van der Waals surface area (Å²) in [4.78, 5) is 6.15. The molecule has 0 atom stereocenters. The normalized spacial score (nSPS) is 14.7. The van der Waals surface area contributed by atoms with Crippen molar-refractivity contribution in [2.45, 2.75) is 18.9 Å². The highest BCUT2D eigenvalue weighted by Gasteiger charge is 2.26. The van der Waals surface area contributed by atoms with E-state index in [4.69, 9.17) is 5.10 Å². The van der Waals surface area contributed by atoms with Gasteiger partial charge >= 0.3 is 0 Å². The van der Waals surface area contributed by atoms with Crippen LogP contribution in [0.5, 0.6) is 0 Å². The second kappa shape index (κ2) is 12.3. The largest absolute Gasteiger partial charge is 0.301 e. The van der Waals surface area contributed by atoms with Crippen LogP contribution in [0.1, 0.15) is 29.3 Å². The Balaban J connectivity index is 1.09. The van der Waals surface area contributed by atoms with Gasteiger partial charge < -0.3 is 4.90 Å². The topological polar surface area (TPSA) is 24.3 Å². The van der Waals surface area contributed by atoms with Crippen molar-refractivity contribution in [1.29, 1.82) is 0 Å². The molecule has 3 aromatic carbocycles. The fourth-order valence-corrected chi connectivity index (χ4v) is 6.28. The van der Waals surface area contributed by atoms with Crippen LogP contribution in [0.25, 0.3) is 16.3 Å². The van der Waals surface area contributed by atoms with E-state index in [0.717, 1.165) is 73.8 Å².